The maximum Gasteiger partial charge on any atom is 0.222 e. The van der Waals surface area contributed by atoms with Gasteiger partial charge in [-0.3, -0.25) is 9.69 Å². The minimum atomic E-state index is 0.239. The minimum Gasteiger partial charge on any atom is -0.374 e. The second kappa shape index (κ2) is 9.55. The predicted molar refractivity (Wildman–Crippen MR) is 107 cm³/mol. The molecule has 0 bridgehead atoms. The largest absolute Gasteiger partial charge is 0.374 e. The number of nitrogens with zero attached hydrogens (tertiary/aromatic N) is 4. The Bertz CT molecular complexity index is 773. The predicted octanol–water partition coefficient (Wildman–Crippen LogP) is 3.25. The van der Waals surface area contributed by atoms with Crippen molar-refractivity contribution in [2.45, 2.75) is 20.0 Å². The minimum absolute atomic E-state index is 0.239. The number of carbonyl (C=O) groups excluding carboxylic acids is 1. The summed E-state index contributed by atoms with van der Waals surface area (Å²) in [4.78, 5) is 16.0. The van der Waals surface area contributed by atoms with Crippen LogP contribution in [0.2, 0.25) is 10.0 Å². The molecule has 1 aliphatic rings. The highest BCUT2D eigenvalue weighted by molar-refractivity contribution is 6.42. The first-order valence-electron chi connectivity index (χ1n) is 9.14. The molecule has 6 nitrogen and oxygen atoms in total. The van der Waals surface area contributed by atoms with Crippen LogP contribution in [0, 0.1) is 0 Å². The topological polar surface area (TPSA) is 50.6 Å². The van der Waals surface area contributed by atoms with Crippen molar-refractivity contribution in [3.63, 3.8) is 0 Å². The molecule has 1 amide bonds. The highest BCUT2D eigenvalue weighted by Gasteiger charge is 2.19. The van der Waals surface area contributed by atoms with Crippen molar-refractivity contribution in [1.29, 1.82) is 0 Å². The molecule has 0 spiro atoms. The number of piperazine rings is 1. The third kappa shape index (κ3) is 5.45. The zero-order valence-electron chi connectivity index (χ0n) is 15.4. The SMILES string of the molecule is CCC(=O)N1CCN(CCOCc2ccn(-c3ccc(Cl)c(Cl)c3)n2)CC1. The molecular weight excluding hydrogens is 387 g/mol. The Hall–Kier alpha value is -1.60. The van der Waals surface area contributed by atoms with Gasteiger partial charge in [0.05, 0.1) is 34.6 Å². The van der Waals surface area contributed by atoms with Crippen LogP contribution in [0.1, 0.15) is 19.0 Å². The summed E-state index contributed by atoms with van der Waals surface area (Å²) >= 11 is 12.0. The van der Waals surface area contributed by atoms with Gasteiger partial charge in [0.2, 0.25) is 5.91 Å². The Morgan fingerprint density at radius 3 is 2.63 bits per heavy atom. The highest BCUT2D eigenvalue weighted by atomic mass is 35.5. The number of benzene rings is 1. The number of halogens is 2. The number of amides is 1. The van der Waals surface area contributed by atoms with E-state index in [9.17, 15) is 4.79 Å². The first kappa shape index (κ1) is 20.1. The number of rotatable bonds is 7. The van der Waals surface area contributed by atoms with Gasteiger partial charge in [0, 0.05) is 45.3 Å². The van der Waals surface area contributed by atoms with Crippen molar-refractivity contribution in [3.8, 4) is 5.69 Å². The second-order valence-electron chi connectivity index (χ2n) is 6.48. The summed E-state index contributed by atoms with van der Waals surface area (Å²) < 4.78 is 7.52. The molecule has 0 N–H and O–H groups in total. The lowest BCUT2D eigenvalue weighted by Crippen LogP contribution is -2.49. The van der Waals surface area contributed by atoms with Gasteiger partial charge in [-0.05, 0) is 24.3 Å². The van der Waals surface area contributed by atoms with Crippen molar-refractivity contribution >= 4 is 29.1 Å². The lowest BCUT2D eigenvalue weighted by molar-refractivity contribution is -0.132. The second-order valence-corrected chi connectivity index (χ2v) is 7.29. The van der Waals surface area contributed by atoms with E-state index < -0.39 is 0 Å². The molecule has 3 rings (SSSR count). The Balaban J connectivity index is 1.40. The van der Waals surface area contributed by atoms with Gasteiger partial charge in [-0.1, -0.05) is 30.1 Å². The molecule has 0 aliphatic carbocycles. The number of ether oxygens (including phenoxy) is 1. The van der Waals surface area contributed by atoms with Crippen molar-refractivity contribution in [2.75, 3.05) is 39.3 Å². The van der Waals surface area contributed by atoms with Crippen LogP contribution in [0.5, 0.6) is 0 Å². The standard InChI is InChI=1S/C19H24Cl2N4O2/c1-2-19(26)24-9-7-23(8-10-24)11-12-27-14-15-5-6-25(22-15)16-3-4-17(20)18(21)13-16/h3-6,13H,2,7-12,14H2,1H3. The van der Waals surface area contributed by atoms with Crippen LogP contribution in [-0.4, -0.2) is 64.8 Å². The summed E-state index contributed by atoms with van der Waals surface area (Å²) in [5.74, 6) is 0.239. The van der Waals surface area contributed by atoms with Crippen molar-refractivity contribution in [2.24, 2.45) is 0 Å². The molecule has 0 atom stereocenters. The van der Waals surface area contributed by atoms with Gasteiger partial charge < -0.3 is 9.64 Å². The average molecular weight is 411 g/mol. The monoisotopic (exact) mass is 410 g/mol. The molecule has 1 fully saturated rings. The van der Waals surface area contributed by atoms with Gasteiger partial charge in [-0.25, -0.2) is 4.68 Å². The fourth-order valence-corrected chi connectivity index (χ4v) is 3.32. The molecule has 146 valence electrons. The summed E-state index contributed by atoms with van der Waals surface area (Å²) in [6.07, 6.45) is 2.46. The third-order valence-electron chi connectivity index (χ3n) is 4.64. The van der Waals surface area contributed by atoms with Gasteiger partial charge >= 0.3 is 0 Å². The van der Waals surface area contributed by atoms with E-state index >= 15 is 0 Å². The van der Waals surface area contributed by atoms with Gasteiger partial charge in [0.1, 0.15) is 0 Å². The van der Waals surface area contributed by atoms with Gasteiger partial charge in [0.25, 0.3) is 0 Å². The average Bonchev–Trinajstić information content (AvgIpc) is 3.16. The Morgan fingerprint density at radius 2 is 1.93 bits per heavy atom. The highest BCUT2D eigenvalue weighted by Crippen LogP contribution is 2.24. The summed E-state index contributed by atoms with van der Waals surface area (Å²) in [6.45, 7) is 7.29. The molecule has 1 aromatic heterocycles. The molecule has 0 radical (unpaired) electrons. The fraction of sp³-hybridized carbons (Fsp3) is 0.474. The lowest BCUT2D eigenvalue weighted by Gasteiger charge is -2.34. The van der Waals surface area contributed by atoms with Gasteiger partial charge in [0.15, 0.2) is 0 Å². The van der Waals surface area contributed by atoms with Crippen LogP contribution < -0.4 is 0 Å². The Morgan fingerprint density at radius 1 is 1.15 bits per heavy atom. The molecule has 1 aromatic carbocycles. The first-order chi connectivity index (χ1) is 13.1. The number of hydrogen-bond acceptors (Lipinski definition) is 4. The van der Waals surface area contributed by atoms with E-state index in [1.165, 1.54) is 0 Å². The molecular formula is C19H24Cl2N4O2. The quantitative estimate of drug-likeness (QED) is 0.657. The number of hydrogen-bond donors (Lipinski definition) is 0. The maximum absolute atomic E-state index is 11.7. The summed E-state index contributed by atoms with van der Waals surface area (Å²) in [6, 6.07) is 7.34. The van der Waals surface area contributed by atoms with Crippen molar-refractivity contribution < 1.29 is 9.53 Å². The lowest BCUT2D eigenvalue weighted by atomic mass is 10.3. The Kier molecular flexibility index (Phi) is 7.13. The molecule has 8 heteroatoms. The molecule has 27 heavy (non-hydrogen) atoms. The van der Waals surface area contributed by atoms with E-state index in [-0.39, 0.29) is 5.91 Å². The molecule has 1 saturated heterocycles. The number of aromatic nitrogens is 2. The first-order valence-corrected chi connectivity index (χ1v) is 9.90. The molecule has 1 aliphatic heterocycles. The summed E-state index contributed by atoms with van der Waals surface area (Å²) in [7, 11) is 0. The molecule has 0 unspecified atom stereocenters. The zero-order chi connectivity index (χ0) is 19.2. The van der Waals surface area contributed by atoms with Crippen LogP contribution in [0.4, 0.5) is 0 Å². The van der Waals surface area contributed by atoms with Crippen LogP contribution in [0.15, 0.2) is 30.5 Å². The van der Waals surface area contributed by atoms with Gasteiger partial charge in [-0.2, -0.15) is 5.10 Å². The van der Waals surface area contributed by atoms with E-state index in [1.54, 1.807) is 16.8 Å². The molecule has 2 heterocycles. The third-order valence-corrected chi connectivity index (χ3v) is 5.38. The van der Waals surface area contributed by atoms with Crippen molar-refractivity contribution in [3.05, 3.63) is 46.2 Å². The van der Waals surface area contributed by atoms with Crippen LogP contribution in [0.3, 0.4) is 0 Å². The smallest absolute Gasteiger partial charge is 0.222 e. The van der Waals surface area contributed by atoms with E-state index in [1.807, 2.05) is 30.2 Å². The number of carbonyl (C=O) groups is 1. The maximum atomic E-state index is 11.7. The van der Waals surface area contributed by atoms with Crippen LogP contribution in [-0.2, 0) is 16.1 Å². The van der Waals surface area contributed by atoms with E-state index in [0.717, 1.165) is 44.1 Å². The van der Waals surface area contributed by atoms with E-state index in [4.69, 9.17) is 27.9 Å². The van der Waals surface area contributed by atoms with E-state index in [0.29, 0.717) is 29.7 Å². The van der Waals surface area contributed by atoms with E-state index in [2.05, 4.69) is 10.00 Å². The normalized spacial score (nSPS) is 15.3. The van der Waals surface area contributed by atoms with Crippen LogP contribution in [0.25, 0.3) is 5.69 Å². The Labute approximate surface area is 169 Å². The molecule has 2 aromatic rings. The zero-order valence-corrected chi connectivity index (χ0v) is 16.9. The molecule has 0 saturated carbocycles. The van der Waals surface area contributed by atoms with Crippen LogP contribution >= 0.6 is 23.2 Å². The fourth-order valence-electron chi connectivity index (χ4n) is 3.02. The van der Waals surface area contributed by atoms with Gasteiger partial charge in [-0.15, -0.1) is 0 Å². The summed E-state index contributed by atoms with van der Waals surface area (Å²) in [5, 5.41) is 5.53. The summed E-state index contributed by atoms with van der Waals surface area (Å²) in [5.41, 5.74) is 1.72. The van der Waals surface area contributed by atoms with Crippen molar-refractivity contribution in [1.82, 2.24) is 19.6 Å².